The Morgan fingerprint density at radius 2 is 1.74 bits per heavy atom. The third-order valence-corrected chi connectivity index (χ3v) is 5.22. The molecule has 2 heteroatoms. The molecule has 1 unspecified atom stereocenters. The van der Waals surface area contributed by atoms with Gasteiger partial charge in [0, 0.05) is 28.6 Å². The van der Waals surface area contributed by atoms with Gasteiger partial charge >= 0.3 is 0 Å². The van der Waals surface area contributed by atoms with Crippen LogP contribution in [-0.4, -0.2) is 6.54 Å². The predicted octanol–water partition coefficient (Wildman–Crippen LogP) is 4.14. The highest BCUT2D eigenvalue weighted by Gasteiger charge is 2.25. The molecule has 0 spiro atoms. The first-order chi connectivity index (χ1) is 9.43. The van der Waals surface area contributed by atoms with Crippen molar-refractivity contribution in [3.63, 3.8) is 0 Å². The van der Waals surface area contributed by atoms with E-state index in [4.69, 9.17) is 0 Å². The van der Waals surface area contributed by atoms with Crippen LogP contribution in [0.15, 0.2) is 54.6 Å². The average molecular weight is 265 g/mol. The maximum absolute atomic E-state index is 3.57. The summed E-state index contributed by atoms with van der Waals surface area (Å²) in [4.78, 5) is 1.55. The summed E-state index contributed by atoms with van der Waals surface area (Å²) in [6, 6.07) is 19.6. The van der Waals surface area contributed by atoms with Crippen LogP contribution in [0.25, 0.3) is 10.1 Å². The first kappa shape index (κ1) is 11.2. The van der Waals surface area contributed by atoms with E-state index in [-0.39, 0.29) is 0 Å². The summed E-state index contributed by atoms with van der Waals surface area (Å²) in [5, 5.41) is 5.00. The molecule has 1 nitrogen and oxygen atoms in total. The SMILES string of the molecule is c1ccc(C2CNCc3c2sc2ccccc32)cc1. The fourth-order valence-electron chi connectivity index (χ4n) is 2.97. The predicted molar refractivity (Wildman–Crippen MR) is 81.8 cm³/mol. The highest BCUT2D eigenvalue weighted by atomic mass is 32.1. The minimum atomic E-state index is 0.502. The quantitative estimate of drug-likeness (QED) is 0.697. The van der Waals surface area contributed by atoms with Crippen molar-refractivity contribution in [1.29, 1.82) is 0 Å². The van der Waals surface area contributed by atoms with Gasteiger partial charge in [-0.05, 0) is 22.6 Å². The molecule has 1 N–H and O–H groups in total. The number of nitrogens with one attached hydrogen (secondary N) is 1. The summed E-state index contributed by atoms with van der Waals surface area (Å²) in [6.07, 6.45) is 0. The van der Waals surface area contributed by atoms with E-state index >= 15 is 0 Å². The van der Waals surface area contributed by atoms with Gasteiger partial charge in [-0.3, -0.25) is 0 Å². The Kier molecular flexibility index (Phi) is 2.64. The molecule has 2 heterocycles. The summed E-state index contributed by atoms with van der Waals surface area (Å²) in [6.45, 7) is 2.05. The van der Waals surface area contributed by atoms with Crippen LogP contribution >= 0.6 is 11.3 Å². The molecule has 0 radical (unpaired) electrons. The Morgan fingerprint density at radius 3 is 2.63 bits per heavy atom. The topological polar surface area (TPSA) is 12.0 Å². The van der Waals surface area contributed by atoms with Crippen molar-refractivity contribution in [2.75, 3.05) is 6.54 Å². The lowest BCUT2D eigenvalue weighted by Gasteiger charge is -2.24. The lowest BCUT2D eigenvalue weighted by atomic mass is 9.91. The summed E-state index contributed by atoms with van der Waals surface area (Å²) in [7, 11) is 0. The second kappa shape index (κ2) is 4.48. The van der Waals surface area contributed by atoms with Crippen LogP contribution < -0.4 is 5.32 Å². The average Bonchev–Trinajstić information content (AvgIpc) is 2.87. The molecule has 0 aliphatic carbocycles. The zero-order valence-electron chi connectivity index (χ0n) is 10.6. The maximum atomic E-state index is 3.57. The van der Waals surface area contributed by atoms with E-state index in [2.05, 4.69) is 59.9 Å². The number of thiophene rings is 1. The molecule has 94 valence electrons. The summed E-state index contributed by atoms with van der Waals surface area (Å²) in [5.41, 5.74) is 2.92. The van der Waals surface area contributed by atoms with Gasteiger partial charge in [0.15, 0.2) is 0 Å². The Morgan fingerprint density at radius 1 is 0.947 bits per heavy atom. The van der Waals surface area contributed by atoms with Gasteiger partial charge in [-0.1, -0.05) is 48.5 Å². The summed E-state index contributed by atoms with van der Waals surface area (Å²) >= 11 is 1.96. The number of fused-ring (bicyclic) bond motifs is 3. The van der Waals surface area contributed by atoms with Crippen molar-refractivity contribution in [2.24, 2.45) is 0 Å². The molecule has 2 aromatic carbocycles. The van der Waals surface area contributed by atoms with Gasteiger partial charge in [0.2, 0.25) is 0 Å². The lowest BCUT2D eigenvalue weighted by Crippen LogP contribution is -2.27. The van der Waals surface area contributed by atoms with E-state index in [1.165, 1.54) is 21.2 Å². The van der Waals surface area contributed by atoms with Crippen LogP contribution in [0.3, 0.4) is 0 Å². The van der Waals surface area contributed by atoms with Crippen LogP contribution in [-0.2, 0) is 6.54 Å². The van der Waals surface area contributed by atoms with Crippen LogP contribution in [0.1, 0.15) is 21.9 Å². The standard InChI is InChI=1S/C17H15NS/c1-2-6-12(7-3-1)14-10-18-11-15-13-8-4-5-9-16(13)19-17(14)15/h1-9,14,18H,10-11H2. The van der Waals surface area contributed by atoms with Crippen molar-refractivity contribution >= 4 is 21.4 Å². The van der Waals surface area contributed by atoms with Crippen LogP contribution in [0.4, 0.5) is 0 Å². The van der Waals surface area contributed by atoms with Gasteiger partial charge in [0.25, 0.3) is 0 Å². The third-order valence-electron chi connectivity index (χ3n) is 3.90. The van der Waals surface area contributed by atoms with Gasteiger partial charge in [-0.15, -0.1) is 11.3 Å². The maximum Gasteiger partial charge on any atom is 0.0349 e. The molecule has 0 saturated carbocycles. The summed E-state index contributed by atoms with van der Waals surface area (Å²) < 4.78 is 1.41. The van der Waals surface area contributed by atoms with Crippen LogP contribution in [0, 0.1) is 0 Å². The molecule has 19 heavy (non-hydrogen) atoms. The number of hydrogen-bond acceptors (Lipinski definition) is 2. The van der Waals surface area contributed by atoms with Crippen molar-refractivity contribution < 1.29 is 0 Å². The summed E-state index contributed by atoms with van der Waals surface area (Å²) in [5.74, 6) is 0.502. The molecular weight excluding hydrogens is 250 g/mol. The minimum absolute atomic E-state index is 0.502. The zero-order chi connectivity index (χ0) is 12.7. The van der Waals surface area contributed by atoms with Crippen LogP contribution in [0.5, 0.6) is 0 Å². The van der Waals surface area contributed by atoms with E-state index in [9.17, 15) is 0 Å². The minimum Gasteiger partial charge on any atom is -0.312 e. The fraction of sp³-hybridized carbons (Fsp3) is 0.176. The molecule has 0 amide bonds. The van der Waals surface area contributed by atoms with Crippen LogP contribution in [0.2, 0.25) is 0 Å². The van der Waals surface area contributed by atoms with Crippen molar-refractivity contribution in [3.8, 4) is 0 Å². The molecule has 1 aromatic heterocycles. The second-order valence-electron chi connectivity index (χ2n) is 5.04. The first-order valence-electron chi connectivity index (χ1n) is 6.69. The molecule has 0 fully saturated rings. The molecule has 0 bridgehead atoms. The smallest absolute Gasteiger partial charge is 0.0349 e. The highest BCUT2D eigenvalue weighted by Crippen LogP contribution is 2.40. The molecular formula is C17H15NS. The van der Waals surface area contributed by atoms with Gasteiger partial charge in [0.05, 0.1) is 0 Å². The number of benzene rings is 2. The van der Waals surface area contributed by atoms with E-state index in [0.29, 0.717) is 5.92 Å². The van der Waals surface area contributed by atoms with Crippen molar-refractivity contribution in [2.45, 2.75) is 12.5 Å². The number of rotatable bonds is 1. The Labute approximate surface area is 116 Å². The van der Waals surface area contributed by atoms with E-state index in [0.717, 1.165) is 13.1 Å². The molecule has 1 atom stereocenters. The molecule has 1 aliphatic heterocycles. The monoisotopic (exact) mass is 265 g/mol. The molecule has 4 rings (SSSR count). The van der Waals surface area contributed by atoms with E-state index in [1.54, 1.807) is 4.88 Å². The molecule has 0 saturated heterocycles. The van der Waals surface area contributed by atoms with Crippen molar-refractivity contribution in [3.05, 3.63) is 70.6 Å². The highest BCUT2D eigenvalue weighted by molar-refractivity contribution is 7.19. The lowest BCUT2D eigenvalue weighted by molar-refractivity contribution is 0.604. The number of hydrogen-bond donors (Lipinski definition) is 1. The Balaban J connectivity index is 1.91. The van der Waals surface area contributed by atoms with Gasteiger partial charge in [-0.25, -0.2) is 0 Å². The van der Waals surface area contributed by atoms with Gasteiger partial charge < -0.3 is 5.32 Å². The largest absolute Gasteiger partial charge is 0.312 e. The first-order valence-corrected chi connectivity index (χ1v) is 7.51. The Bertz CT molecular complexity index is 714. The van der Waals surface area contributed by atoms with E-state index < -0.39 is 0 Å². The van der Waals surface area contributed by atoms with E-state index in [1.807, 2.05) is 11.3 Å². The van der Waals surface area contributed by atoms with Crippen molar-refractivity contribution in [1.82, 2.24) is 5.32 Å². The second-order valence-corrected chi connectivity index (χ2v) is 6.12. The Hall–Kier alpha value is -1.64. The fourth-order valence-corrected chi connectivity index (χ4v) is 4.32. The molecule has 3 aromatic rings. The molecule has 1 aliphatic rings. The normalized spacial score (nSPS) is 18.4. The zero-order valence-corrected chi connectivity index (χ0v) is 11.4. The van der Waals surface area contributed by atoms with Gasteiger partial charge in [0.1, 0.15) is 0 Å². The van der Waals surface area contributed by atoms with Gasteiger partial charge in [-0.2, -0.15) is 0 Å². The third kappa shape index (κ3) is 1.79.